The zero-order valence-electron chi connectivity index (χ0n) is 16.1. The Morgan fingerprint density at radius 1 is 1.20 bits per heavy atom. The molecule has 30 heavy (non-hydrogen) atoms. The van der Waals surface area contributed by atoms with Gasteiger partial charge in [-0.2, -0.15) is 0 Å². The van der Waals surface area contributed by atoms with Crippen LogP contribution in [0.1, 0.15) is 11.3 Å². The van der Waals surface area contributed by atoms with Gasteiger partial charge >= 0.3 is 0 Å². The molecule has 2 amide bonds. The van der Waals surface area contributed by atoms with Gasteiger partial charge in [0.05, 0.1) is 32.2 Å². The molecule has 2 heterocycles. The molecule has 5 nitrogen and oxygen atoms in total. The lowest BCUT2D eigenvalue weighted by Crippen LogP contribution is -2.38. The lowest BCUT2D eigenvalue weighted by Gasteiger charge is -2.22. The molecule has 2 aromatic carbocycles. The van der Waals surface area contributed by atoms with Crippen LogP contribution in [0.25, 0.3) is 0 Å². The molecule has 152 valence electrons. The highest BCUT2D eigenvalue weighted by atomic mass is 79.9. The molecule has 0 aliphatic carbocycles. The molecule has 1 aromatic heterocycles. The minimum atomic E-state index is -0.251. The van der Waals surface area contributed by atoms with Crippen LogP contribution in [0.3, 0.4) is 0 Å². The van der Waals surface area contributed by atoms with Crippen LogP contribution in [0.4, 0.5) is 17.1 Å². The van der Waals surface area contributed by atoms with Gasteiger partial charge in [0.25, 0.3) is 0 Å². The number of para-hydroxylation sites is 2. The van der Waals surface area contributed by atoms with Crippen molar-refractivity contribution in [1.82, 2.24) is 0 Å². The summed E-state index contributed by atoms with van der Waals surface area (Å²) in [6.07, 6.45) is 2.12. The van der Waals surface area contributed by atoms with Gasteiger partial charge in [-0.15, -0.1) is 23.1 Å². The monoisotopic (exact) mass is 499 g/mol. The van der Waals surface area contributed by atoms with Gasteiger partial charge in [-0.05, 0) is 64.7 Å². The molecule has 0 unspecified atom stereocenters. The summed E-state index contributed by atoms with van der Waals surface area (Å²) in [5, 5.41) is 2.89. The molecule has 0 spiro atoms. The smallest absolute Gasteiger partial charge is 0.244 e. The third kappa shape index (κ3) is 4.66. The molecular weight excluding hydrogens is 482 g/mol. The van der Waals surface area contributed by atoms with Crippen molar-refractivity contribution in [2.24, 2.45) is 4.99 Å². The minimum Gasteiger partial charge on any atom is -0.324 e. The summed E-state index contributed by atoms with van der Waals surface area (Å²) in [7, 11) is 0. The fourth-order valence-electron chi connectivity index (χ4n) is 3.17. The Morgan fingerprint density at radius 2 is 2.03 bits per heavy atom. The molecule has 0 saturated heterocycles. The van der Waals surface area contributed by atoms with E-state index in [9.17, 15) is 9.59 Å². The highest BCUT2D eigenvalue weighted by Gasteiger charge is 2.27. The number of fused-ring (bicyclic) bond motifs is 1. The van der Waals surface area contributed by atoms with Crippen LogP contribution in [-0.2, 0) is 9.59 Å². The number of aliphatic imine (C=N–C) groups is 1. The third-order valence-corrected chi connectivity index (χ3v) is 6.96. The van der Waals surface area contributed by atoms with Crippen LogP contribution in [0, 0.1) is 0 Å². The quantitative estimate of drug-likeness (QED) is 0.456. The van der Waals surface area contributed by atoms with Crippen LogP contribution in [0.2, 0.25) is 0 Å². The maximum Gasteiger partial charge on any atom is 0.244 e. The van der Waals surface area contributed by atoms with Crippen LogP contribution >= 0.6 is 39.0 Å². The van der Waals surface area contributed by atoms with E-state index in [2.05, 4.69) is 21.2 Å². The van der Waals surface area contributed by atoms with Crippen molar-refractivity contribution in [2.45, 2.75) is 11.3 Å². The number of hydrogen-bond donors (Lipinski definition) is 1. The van der Waals surface area contributed by atoms with E-state index in [0.29, 0.717) is 22.8 Å². The Kier molecular flexibility index (Phi) is 6.36. The summed E-state index contributed by atoms with van der Waals surface area (Å²) < 4.78 is 0.980. The Labute approximate surface area is 191 Å². The van der Waals surface area contributed by atoms with E-state index >= 15 is 0 Å². The zero-order valence-corrected chi connectivity index (χ0v) is 19.3. The number of thioether (sulfide) groups is 1. The number of halogens is 1. The topological polar surface area (TPSA) is 61.8 Å². The molecule has 1 aliphatic rings. The van der Waals surface area contributed by atoms with Crippen LogP contribution in [-0.4, -0.2) is 30.3 Å². The van der Waals surface area contributed by atoms with Crippen molar-refractivity contribution in [3.63, 3.8) is 0 Å². The maximum absolute atomic E-state index is 13.1. The number of carbonyl (C=O) groups excluding carboxylic acids is 2. The van der Waals surface area contributed by atoms with Crippen LogP contribution < -0.4 is 10.2 Å². The van der Waals surface area contributed by atoms with E-state index in [0.717, 1.165) is 13.6 Å². The predicted octanol–water partition coefficient (Wildman–Crippen LogP) is 5.73. The Hall–Kier alpha value is -2.42. The van der Waals surface area contributed by atoms with Crippen LogP contribution in [0.5, 0.6) is 0 Å². The normalized spacial score (nSPS) is 13.5. The summed E-state index contributed by atoms with van der Waals surface area (Å²) in [6, 6.07) is 18.9. The minimum absolute atomic E-state index is 0.0731. The molecule has 0 radical (unpaired) electrons. The number of thiophene rings is 1. The zero-order chi connectivity index (χ0) is 21.1. The number of nitrogens with zero attached hydrogens (tertiary/aromatic N) is 2. The van der Waals surface area contributed by atoms with Gasteiger partial charge in [-0.3, -0.25) is 9.59 Å². The van der Waals surface area contributed by atoms with E-state index in [1.165, 1.54) is 16.2 Å². The van der Waals surface area contributed by atoms with Gasteiger partial charge < -0.3 is 10.2 Å². The number of hydrogen-bond acceptors (Lipinski definition) is 5. The van der Waals surface area contributed by atoms with Crippen molar-refractivity contribution >= 4 is 73.6 Å². The molecular formula is C22H18BrN3O2S2. The third-order valence-electron chi connectivity index (χ3n) is 4.56. The molecule has 1 aliphatic heterocycles. The molecule has 0 fully saturated rings. The highest BCUT2D eigenvalue weighted by Crippen LogP contribution is 2.34. The first-order valence-electron chi connectivity index (χ1n) is 9.20. The lowest BCUT2D eigenvalue weighted by molar-refractivity contribution is -0.120. The average molecular weight is 500 g/mol. The van der Waals surface area contributed by atoms with Gasteiger partial charge in [0.1, 0.15) is 6.54 Å². The average Bonchev–Trinajstić information content (AvgIpc) is 3.12. The molecule has 1 N–H and O–H groups in total. The fourth-order valence-corrected chi connectivity index (χ4v) is 5.01. The molecule has 4 rings (SSSR count). The second-order valence-electron chi connectivity index (χ2n) is 6.59. The SMILES string of the molecule is CSc1cccc(NC(=O)CN2C(=O)CC(c3ccc(Br)s3)=Nc3ccccc32)c1. The number of benzene rings is 2. The van der Waals surface area contributed by atoms with E-state index in [4.69, 9.17) is 4.99 Å². The fraction of sp³-hybridized carbons (Fsp3) is 0.136. The molecule has 0 atom stereocenters. The van der Waals surface area contributed by atoms with Crippen molar-refractivity contribution in [1.29, 1.82) is 0 Å². The summed E-state index contributed by atoms with van der Waals surface area (Å²) >= 11 is 6.61. The second-order valence-corrected chi connectivity index (χ2v) is 9.93. The Balaban J connectivity index is 1.59. The number of carbonyl (C=O) groups is 2. The Morgan fingerprint density at radius 3 is 2.80 bits per heavy atom. The second kappa shape index (κ2) is 9.16. The summed E-state index contributed by atoms with van der Waals surface area (Å²) in [4.78, 5) is 34.1. The maximum atomic E-state index is 13.1. The first kappa shape index (κ1) is 20.8. The van der Waals surface area contributed by atoms with E-state index in [1.807, 2.05) is 66.9 Å². The standard InChI is InChI=1S/C22H18BrN3O2S2/c1-29-15-6-4-5-14(11-15)24-21(27)13-26-18-8-3-2-7-16(18)25-17(12-22(26)28)19-9-10-20(23)30-19/h2-11H,12-13H2,1H3,(H,24,27). The van der Waals surface area contributed by atoms with E-state index in [-0.39, 0.29) is 24.8 Å². The molecule has 8 heteroatoms. The van der Waals surface area contributed by atoms with Gasteiger partial charge in [0.2, 0.25) is 11.8 Å². The van der Waals surface area contributed by atoms with Crippen molar-refractivity contribution < 1.29 is 9.59 Å². The summed E-state index contributed by atoms with van der Waals surface area (Å²) in [5.74, 6) is -0.407. The largest absolute Gasteiger partial charge is 0.324 e. The number of amides is 2. The van der Waals surface area contributed by atoms with Gasteiger partial charge in [0.15, 0.2) is 0 Å². The summed E-state index contributed by atoms with van der Waals surface area (Å²) in [5.41, 5.74) is 2.74. The molecule has 3 aromatic rings. The van der Waals surface area contributed by atoms with Crippen LogP contribution in [0.15, 0.2) is 74.3 Å². The Bertz CT molecular complexity index is 1140. The van der Waals surface area contributed by atoms with Crippen molar-refractivity contribution in [3.05, 3.63) is 69.3 Å². The molecule has 0 saturated carbocycles. The van der Waals surface area contributed by atoms with Gasteiger partial charge in [0, 0.05) is 10.6 Å². The lowest BCUT2D eigenvalue weighted by atomic mass is 10.2. The van der Waals surface area contributed by atoms with E-state index in [1.54, 1.807) is 11.8 Å². The predicted molar refractivity (Wildman–Crippen MR) is 128 cm³/mol. The number of rotatable bonds is 5. The van der Waals surface area contributed by atoms with Gasteiger partial charge in [-0.1, -0.05) is 18.2 Å². The van der Waals surface area contributed by atoms with E-state index < -0.39 is 0 Å². The molecule has 0 bridgehead atoms. The van der Waals surface area contributed by atoms with Crippen molar-refractivity contribution in [3.8, 4) is 0 Å². The van der Waals surface area contributed by atoms with Gasteiger partial charge in [-0.25, -0.2) is 4.99 Å². The number of anilines is 2. The van der Waals surface area contributed by atoms with Crippen molar-refractivity contribution in [2.75, 3.05) is 23.0 Å². The first-order valence-corrected chi connectivity index (χ1v) is 12.0. The summed E-state index contributed by atoms with van der Waals surface area (Å²) in [6.45, 7) is -0.0731. The highest BCUT2D eigenvalue weighted by molar-refractivity contribution is 9.11. The number of nitrogens with one attached hydrogen (secondary N) is 1. The first-order chi connectivity index (χ1) is 14.5.